The maximum Gasteiger partial charge on any atom is 0.270 e. The molecule has 0 saturated carbocycles. The Hall–Kier alpha value is -4.45. The Bertz CT molecular complexity index is 1620. The minimum absolute atomic E-state index is 0.0147. The van der Waals surface area contributed by atoms with Crippen LogP contribution in [0.15, 0.2) is 55.0 Å². The third kappa shape index (κ3) is 6.48. The molecule has 0 aliphatic carbocycles. The summed E-state index contributed by atoms with van der Waals surface area (Å²) in [5.74, 6) is -2.37. The molecule has 1 aromatic carbocycles. The van der Waals surface area contributed by atoms with Crippen molar-refractivity contribution in [3.05, 3.63) is 71.9 Å². The Morgan fingerprint density at radius 3 is 2.63 bits per heavy atom. The second-order valence-electron chi connectivity index (χ2n) is 10.8. The van der Waals surface area contributed by atoms with Crippen LogP contribution in [0.4, 0.5) is 20.4 Å². The number of fused-ring (bicyclic) bond motifs is 1. The van der Waals surface area contributed by atoms with Gasteiger partial charge in [0.15, 0.2) is 0 Å². The number of aromatic nitrogens is 4. The summed E-state index contributed by atoms with van der Waals surface area (Å²) in [6.45, 7) is 6.26. The van der Waals surface area contributed by atoms with Crippen molar-refractivity contribution in [3.63, 3.8) is 0 Å². The highest BCUT2D eigenvalue weighted by molar-refractivity contribution is 6.04. The quantitative estimate of drug-likeness (QED) is 0.254. The first-order chi connectivity index (χ1) is 20.6. The van der Waals surface area contributed by atoms with Gasteiger partial charge in [-0.3, -0.25) is 14.0 Å². The van der Waals surface area contributed by atoms with E-state index in [9.17, 15) is 18.4 Å². The molecule has 12 heteroatoms. The maximum atomic E-state index is 13.7. The summed E-state index contributed by atoms with van der Waals surface area (Å²) in [6.07, 6.45) is 6.71. The monoisotopic (exact) mass is 591 g/mol. The number of nitrogens with zero attached hydrogens (tertiary/aromatic N) is 5. The minimum atomic E-state index is -3.06. The molecule has 2 amide bonds. The van der Waals surface area contributed by atoms with Crippen LogP contribution in [0.25, 0.3) is 16.8 Å². The number of hydrogen-bond acceptors (Lipinski definition) is 7. The van der Waals surface area contributed by atoms with Gasteiger partial charge in [0, 0.05) is 67.3 Å². The first-order valence-corrected chi connectivity index (χ1v) is 14.3. The van der Waals surface area contributed by atoms with Gasteiger partial charge >= 0.3 is 0 Å². The van der Waals surface area contributed by atoms with Gasteiger partial charge in [0.25, 0.3) is 11.8 Å². The highest BCUT2D eigenvalue weighted by atomic mass is 19.3. The van der Waals surface area contributed by atoms with Crippen LogP contribution in [-0.2, 0) is 15.5 Å². The molecule has 4 aromatic rings. The molecule has 0 radical (unpaired) electrons. The van der Waals surface area contributed by atoms with Crippen LogP contribution in [0.3, 0.4) is 0 Å². The molecule has 0 bridgehead atoms. The Kier molecular flexibility index (Phi) is 8.67. The molecule has 3 aromatic heterocycles. The molecule has 1 fully saturated rings. The topological polar surface area (TPSA) is 128 Å². The Morgan fingerprint density at radius 2 is 1.91 bits per heavy atom. The number of alkyl halides is 2. The van der Waals surface area contributed by atoms with E-state index in [1.807, 2.05) is 22.4 Å². The molecule has 0 spiro atoms. The lowest BCUT2D eigenvalue weighted by Gasteiger charge is -2.37. The van der Waals surface area contributed by atoms with Gasteiger partial charge in [-0.15, -0.1) is 0 Å². The maximum absolute atomic E-state index is 13.7. The van der Waals surface area contributed by atoms with Crippen LogP contribution >= 0.6 is 0 Å². The van der Waals surface area contributed by atoms with Crippen molar-refractivity contribution < 1.29 is 23.1 Å². The third-order valence-corrected chi connectivity index (χ3v) is 7.77. The van der Waals surface area contributed by atoms with Crippen molar-refractivity contribution in [1.82, 2.24) is 24.3 Å². The number of rotatable bonds is 9. The number of hydrogen-bond donors (Lipinski definition) is 2. The van der Waals surface area contributed by atoms with E-state index in [4.69, 9.17) is 15.5 Å². The van der Waals surface area contributed by atoms with Crippen molar-refractivity contribution >= 4 is 29.0 Å². The lowest BCUT2D eigenvalue weighted by Crippen LogP contribution is -2.45. The Labute approximate surface area is 248 Å². The van der Waals surface area contributed by atoms with Crippen LogP contribution in [0.1, 0.15) is 67.7 Å². The summed E-state index contributed by atoms with van der Waals surface area (Å²) in [7, 11) is 0. The highest BCUT2D eigenvalue weighted by Crippen LogP contribution is 2.35. The summed E-state index contributed by atoms with van der Waals surface area (Å²) in [4.78, 5) is 41.0. The molecule has 1 aliphatic rings. The van der Waals surface area contributed by atoms with Crippen molar-refractivity contribution in [3.8, 4) is 11.3 Å². The number of imidazole rings is 1. The summed E-state index contributed by atoms with van der Waals surface area (Å²) in [6, 6.07) is 9.25. The zero-order chi connectivity index (χ0) is 30.7. The number of ether oxygens (including phenoxy) is 1. The van der Waals surface area contributed by atoms with Gasteiger partial charge in [-0.25, -0.2) is 23.7 Å². The van der Waals surface area contributed by atoms with Crippen LogP contribution in [0.5, 0.6) is 0 Å². The smallest absolute Gasteiger partial charge is 0.270 e. The summed E-state index contributed by atoms with van der Waals surface area (Å²) < 4.78 is 34.7. The lowest BCUT2D eigenvalue weighted by molar-refractivity contribution is -0.136. The van der Waals surface area contributed by atoms with Gasteiger partial charge in [-0.2, -0.15) is 0 Å². The number of halogens is 2. The summed E-state index contributed by atoms with van der Waals surface area (Å²) in [5.41, 5.74) is 8.38. The number of anilines is 2. The molecule has 1 unspecified atom stereocenters. The molecule has 2 atom stereocenters. The third-order valence-electron chi connectivity index (χ3n) is 7.77. The van der Waals surface area contributed by atoms with Gasteiger partial charge in [0.05, 0.1) is 13.0 Å². The number of carbonyl (C=O) groups excluding carboxylic acids is 2. The Morgan fingerprint density at radius 1 is 1.14 bits per heavy atom. The van der Waals surface area contributed by atoms with E-state index in [1.54, 1.807) is 30.5 Å². The van der Waals surface area contributed by atoms with E-state index in [2.05, 4.69) is 22.2 Å². The molecule has 5 rings (SSSR count). The molecular formula is C31H35F2N7O3. The number of likely N-dealkylation sites (tertiary alicyclic amines) is 1. The molecule has 43 heavy (non-hydrogen) atoms. The van der Waals surface area contributed by atoms with E-state index in [0.717, 1.165) is 37.2 Å². The predicted molar refractivity (Wildman–Crippen MR) is 159 cm³/mol. The SMILES string of the molecule is CCOCCC(=O)N1C[C@H](c2nc(-c3ccc(C(=O)Nc4cc(C(C)(F)F)ccn4)cc3)c3c(N)nccn23)CCC1C. The molecule has 226 valence electrons. The molecule has 10 nitrogen and oxygen atoms in total. The number of piperidine rings is 1. The van der Waals surface area contributed by atoms with Crippen LogP contribution in [0, 0.1) is 0 Å². The van der Waals surface area contributed by atoms with E-state index in [0.29, 0.717) is 48.8 Å². The van der Waals surface area contributed by atoms with Crippen molar-refractivity contribution in [2.24, 2.45) is 0 Å². The van der Waals surface area contributed by atoms with E-state index >= 15 is 0 Å². The minimum Gasteiger partial charge on any atom is -0.382 e. The fraction of sp³-hybridized carbons (Fsp3) is 0.387. The van der Waals surface area contributed by atoms with Crippen molar-refractivity contribution in [2.45, 2.75) is 57.9 Å². The first-order valence-electron chi connectivity index (χ1n) is 14.3. The van der Waals surface area contributed by atoms with E-state index in [-0.39, 0.29) is 29.2 Å². The number of amides is 2. The van der Waals surface area contributed by atoms with Crippen LogP contribution in [-0.4, -0.2) is 61.9 Å². The number of nitrogens with one attached hydrogen (secondary N) is 1. The number of nitrogen functional groups attached to an aromatic ring is 1. The fourth-order valence-corrected chi connectivity index (χ4v) is 5.43. The molecule has 1 aliphatic heterocycles. The average Bonchev–Trinajstić information content (AvgIpc) is 3.38. The van der Waals surface area contributed by atoms with Gasteiger partial charge in [-0.1, -0.05) is 12.1 Å². The highest BCUT2D eigenvalue weighted by Gasteiger charge is 2.33. The molecular weight excluding hydrogens is 556 g/mol. The summed E-state index contributed by atoms with van der Waals surface area (Å²) in [5, 5.41) is 2.58. The van der Waals surface area contributed by atoms with E-state index in [1.165, 1.54) is 12.3 Å². The molecule has 4 heterocycles. The molecule has 1 saturated heterocycles. The van der Waals surface area contributed by atoms with Gasteiger partial charge < -0.3 is 20.7 Å². The number of pyridine rings is 1. The normalized spacial score (nSPS) is 17.3. The predicted octanol–water partition coefficient (Wildman–Crippen LogP) is 5.26. The zero-order valence-electron chi connectivity index (χ0n) is 24.4. The fourth-order valence-electron chi connectivity index (χ4n) is 5.43. The van der Waals surface area contributed by atoms with Gasteiger partial charge in [-0.05, 0) is 51.0 Å². The van der Waals surface area contributed by atoms with Crippen molar-refractivity contribution in [2.75, 3.05) is 30.8 Å². The number of nitrogens with two attached hydrogens (primary N) is 1. The number of benzene rings is 1. The second kappa shape index (κ2) is 12.4. The van der Waals surface area contributed by atoms with Gasteiger partial charge in [0.1, 0.15) is 28.7 Å². The van der Waals surface area contributed by atoms with E-state index < -0.39 is 11.8 Å². The summed E-state index contributed by atoms with van der Waals surface area (Å²) >= 11 is 0. The van der Waals surface area contributed by atoms with Crippen LogP contribution in [0.2, 0.25) is 0 Å². The van der Waals surface area contributed by atoms with Gasteiger partial charge in [0.2, 0.25) is 5.91 Å². The zero-order valence-corrected chi connectivity index (χ0v) is 24.4. The lowest BCUT2D eigenvalue weighted by atomic mass is 9.92. The first kappa shape index (κ1) is 30.0. The largest absolute Gasteiger partial charge is 0.382 e. The second-order valence-corrected chi connectivity index (χ2v) is 10.8. The molecule has 3 N–H and O–H groups in total. The average molecular weight is 592 g/mol. The standard InChI is InChI=1S/C31H35F2N7O3/c1-4-43-16-12-25(41)40-18-22(6-5-19(40)2)29-38-26(27-28(34)36-14-15-39(27)29)20-7-9-21(10-8-20)30(42)37-24-17-23(11-13-35-24)31(3,32)33/h7-11,13-15,17,19,22H,4-6,12,16,18H2,1-3H3,(H2,34,36)(H,35,37,42)/t19?,22-/m1/s1. The number of carbonyl (C=O) groups is 2. The Balaban J connectivity index is 1.40. The van der Waals surface area contributed by atoms with Crippen molar-refractivity contribution in [1.29, 1.82) is 0 Å². The van der Waals surface area contributed by atoms with Crippen LogP contribution < -0.4 is 11.1 Å².